The highest BCUT2D eigenvalue weighted by molar-refractivity contribution is 5.68. The normalized spacial score (nSPS) is 15.9. The topological polar surface area (TPSA) is 38.9 Å². The third kappa shape index (κ3) is 1.63. The Balaban J connectivity index is 2.38. The van der Waals surface area contributed by atoms with Crippen LogP contribution in [0.3, 0.4) is 0 Å². The van der Waals surface area contributed by atoms with E-state index in [9.17, 15) is 0 Å². The second-order valence-corrected chi connectivity index (χ2v) is 3.36. The zero-order valence-electron chi connectivity index (χ0n) is 7.66. The summed E-state index contributed by atoms with van der Waals surface area (Å²) in [5.74, 6) is 0. The van der Waals surface area contributed by atoms with Gasteiger partial charge in [0.2, 0.25) is 0 Å². The highest BCUT2D eigenvalue weighted by atomic mass is 14.6. The molecule has 0 fully saturated rings. The van der Waals surface area contributed by atoms with Crippen LogP contribution in [0, 0.1) is 0 Å². The summed E-state index contributed by atoms with van der Waals surface area (Å²) in [5.41, 5.74) is 9.55. The van der Waals surface area contributed by atoms with Gasteiger partial charge in [-0.15, -0.1) is 0 Å². The zero-order chi connectivity index (χ0) is 9.10. The standard InChI is InChI=1S/C11H14N2/c12-7-10-5-6-13-8-11(10)9-3-1-2-4-9/h3,5-6,8H,1-2,4,7,12H2. The Kier molecular flexibility index (Phi) is 2.41. The van der Waals surface area contributed by atoms with Crippen molar-refractivity contribution in [3.05, 3.63) is 35.7 Å². The Bertz CT molecular complexity index is 329. The molecule has 0 aromatic carbocycles. The van der Waals surface area contributed by atoms with Gasteiger partial charge in [0.25, 0.3) is 0 Å². The molecule has 68 valence electrons. The lowest BCUT2D eigenvalue weighted by molar-refractivity contribution is 0.932. The molecule has 2 heteroatoms. The lowest BCUT2D eigenvalue weighted by Crippen LogP contribution is -2.00. The molecule has 1 aliphatic rings. The molecule has 1 aromatic rings. The first-order chi connectivity index (χ1) is 6.42. The summed E-state index contributed by atoms with van der Waals surface area (Å²) in [5, 5.41) is 0. The lowest BCUT2D eigenvalue weighted by Gasteiger charge is -2.06. The van der Waals surface area contributed by atoms with Crippen molar-refractivity contribution in [2.75, 3.05) is 0 Å². The molecule has 0 bridgehead atoms. The van der Waals surface area contributed by atoms with Crippen LogP contribution >= 0.6 is 0 Å². The summed E-state index contributed by atoms with van der Waals surface area (Å²) < 4.78 is 0. The molecule has 0 saturated carbocycles. The molecular weight excluding hydrogens is 160 g/mol. The quantitative estimate of drug-likeness (QED) is 0.745. The number of rotatable bonds is 2. The van der Waals surface area contributed by atoms with Crippen LogP contribution in [0.4, 0.5) is 0 Å². The van der Waals surface area contributed by atoms with E-state index in [2.05, 4.69) is 11.1 Å². The first-order valence-electron chi connectivity index (χ1n) is 4.74. The molecular formula is C11H14N2. The Hall–Kier alpha value is -1.15. The molecule has 2 rings (SSSR count). The summed E-state index contributed by atoms with van der Waals surface area (Å²) >= 11 is 0. The Morgan fingerprint density at radius 1 is 1.46 bits per heavy atom. The van der Waals surface area contributed by atoms with Crippen molar-refractivity contribution in [2.24, 2.45) is 5.73 Å². The molecule has 0 aliphatic heterocycles. The van der Waals surface area contributed by atoms with E-state index >= 15 is 0 Å². The first-order valence-corrected chi connectivity index (χ1v) is 4.74. The molecule has 1 aromatic heterocycles. The van der Waals surface area contributed by atoms with Crippen molar-refractivity contribution >= 4 is 5.57 Å². The van der Waals surface area contributed by atoms with E-state index in [0.717, 1.165) is 0 Å². The van der Waals surface area contributed by atoms with E-state index in [1.165, 1.54) is 36.0 Å². The second-order valence-electron chi connectivity index (χ2n) is 3.36. The van der Waals surface area contributed by atoms with Crippen molar-refractivity contribution in [3.8, 4) is 0 Å². The average Bonchev–Trinajstić information content (AvgIpc) is 2.70. The molecule has 0 atom stereocenters. The average molecular weight is 174 g/mol. The molecule has 2 N–H and O–H groups in total. The molecule has 0 unspecified atom stereocenters. The zero-order valence-corrected chi connectivity index (χ0v) is 7.66. The van der Waals surface area contributed by atoms with Gasteiger partial charge >= 0.3 is 0 Å². The minimum Gasteiger partial charge on any atom is -0.326 e. The Labute approximate surface area is 78.5 Å². The van der Waals surface area contributed by atoms with Crippen LogP contribution in [0.25, 0.3) is 5.57 Å². The van der Waals surface area contributed by atoms with E-state index in [0.29, 0.717) is 6.54 Å². The molecule has 0 spiro atoms. The van der Waals surface area contributed by atoms with Gasteiger partial charge in [-0.05, 0) is 36.5 Å². The van der Waals surface area contributed by atoms with Gasteiger partial charge in [0.1, 0.15) is 0 Å². The Morgan fingerprint density at radius 3 is 3.08 bits per heavy atom. The van der Waals surface area contributed by atoms with Gasteiger partial charge in [-0.1, -0.05) is 6.08 Å². The minimum atomic E-state index is 0.606. The summed E-state index contributed by atoms with van der Waals surface area (Å²) in [6.07, 6.45) is 9.69. The first kappa shape index (κ1) is 8.45. The maximum atomic E-state index is 5.66. The molecule has 1 heterocycles. The number of hydrogen-bond donors (Lipinski definition) is 1. The predicted octanol–water partition coefficient (Wildman–Crippen LogP) is 2.11. The highest BCUT2D eigenvalue weighted by Gasteiger charge is 2.10. The monoisotopic (exact) mass is 174 g/mol. The summed E-state index contributed by atoms with van der Waals surface area (Å²) in [6.45, 7) is 0.606. The SMILES string of the molecule is NCc1ccncc1C1=CCCC1. The fraction of sp³-hybridized carbons (Fsp3) is 0.364. The molecule has 0 saturated heterocycles. The Morgan fingerprint density at radius 2 is 2.38 bits per heavy atom. The lowest BCUT2D eigenvalue weighted by atomic mass is 10.0. The molecule has 0 amide bonds. The van der Waals surface area contributed by atoms with Gasteiger partial charge in [-0.3, -0.25) is 4.98 Å². The number of nitrogens with zero attached hydrogens (tertiary/aromatic N) is 1. The van der Waals surface area contributed by atoms with Crippen LogP contribution in [0.15, 0.2) is 24.5 Å². The van der Waals surface area contributed by atoms with Crippen LogP contribution in [0.5, 0.6) is 0 Å². The maximum Gasteiger partial charge on any atom is 0.0346 e. The van der Waals surface area contributed by atoms with Gasteiger partial charge in [0, 0.05) is 24.5 Å². The van der Waals surface area contributed by atoms with E-state index in [1.807, 2.05) is 12.3 Å². The second kappa shape index (κ2) is 3.71. The van der Waals surface area contributed by atoms with E-state index < -0.39 is 0 Å². The van der Waals surface area contributed by atoms with Gasteiger partial charge in [-0.2, -0.15) is 0 Å². The number of pyridine rings is 1. The van der Waals surface area contributed by atoms with Crippen molar-refractivity contribution < 1.29 is 0 Å². The van der Waals surface area contributed by atoms with Gasteiger partial charge in [-0.25, -0.2) is 0 Å². The number of allylic oxidation sites excluding steroid dienone is 2. The fourth-order valence-corrected chi connectivity index (χ4v) is 1.81. The largest absolute Gasteiger partial charge is 0.326 e. The number of nitrogens with two attached hydrogens (primary N) is 1. The number of hydrogen-bond acceptors (Lipinski definition) is 2. The van der Waals surface area contributed by atoms with E-state index in [-0.39, 0.29) is 0 Å². The van der Waals surface area contributed by atoms with Gasteiger partial charge in [0.05, 0.1) is 0 Å². The molecule has 0 radical (unpaired) electrons. The minimum absolute atomic E-state index is 0.606. The van der Waals surface area contributed by atoms with Crippen LogP contribution in [0.1, 0.15) is 30.4 Å². The van der Waals surface area contributed by atoms with Crippen molar-refractivity contribution in [1.29, 1.82) is 0 Å². The van der Waals surface area contributed by atoms with Gasteiger partial charge < -0.3 is 5.73 Å². The fourth-order valence-electron chi connectivity index (χ4n) is 1.81. The summed E-state index contributed by atoms with van der Waals surface area (Å²) in [4.78, 5) is 4.14. The molecule has 13 heavy (non-hydrogen) atoms. The summed E-state index contributed by atoms with van der Waals surface area (Å²) in [7, 11) is 0. The smallest absolute Gasteiger partial charge is 0.0346 e. The maximum absolute atomic E-state index is 5.66. The van der Waals surface area contributed by atoms with Crippen LogP contribution in [0.2, 0.25) is 0 Å². The van der Waals surface area contributed by atoms with Gasteiger partial charge in [0.15, 0.2) is 0 Å². The highest BCUT2D eigenvalue weighted by Crippen LogP contribution is 2.28. The number of aromatic nitrogens is 1. The molecule has 1 aliphatic carbocycles. The van der Waals surface area contributed by atoms with Crippen molar-refractivity contribution in [2.45, 2.75) is 25.8 Å². The van der Waals surface area contributed by atoms with Crippen LogP contribution in [-0.2, 0) is 6.54 Å². The van der Waals surface area contributed by atoms with E-state index in [4.69, 9.17) is 5.73 Å². The van der Waals surface area contributed by atoms with Crippen molar-refractivity contribution in [3.63, 3.8) is 0 Å². The predicted molar refractivity (Wildman–Crippen MR) is 54.0 cm³/mol. The third-order valence-electron chi connectivity index (χ3n) is 2.52. The van der Waals surface area contributed by atoms with Crippen molar-refractivity contribution in [1.82, 2.24) is 4.98 Å². The van der Waals surface area contributed by atoms with E-state index in [1.54, 1.807) is 6.20 Å². The molecule has 2 nitrogen and oxygen atoms in total. The summed E-state index contributed by atoms with van der Waals surface area (Å²) in [6, 6.07) is 2.01. The van der Waals surface area contributed by atoms with Crippen LogP contribution < -0.4 is 5.73 Å². The van der Waals surface area contributed by atoms with Crippen LogP contribution in [-0.4, -0.2) is 4.98 Å². The third-order valence-corrected chi connectivity index (χ3v) is 2.52.